The van der Waals surface area contributed by atoms with Crippen LogP contribution in [0.3, 0.4) is 0 Å². The third-order valence-corrected chi connectivity index (χ3v) is 4.31. The molecule has 1 aromatic heterocycles. The van der Waals surface area contributed by atoms with E-state index in [9.17, 15) is 13.2 Å². The molecule has 0 fully saturated rings. The maximum atomic E-state index is 12.1. The predicted octanol–water partition coefficient (Wildman–Crippen LogP) is 2.44. The number of aldehydes is 1. The van der Waals surface area contributed by atoms with E-state index in [0.29, 0.717) is 6.29 Å². The van der Waals surface area contributed by atoms with E-state index in [0.717, 1.165) is 11.1 Å². The summed E-state index contributed by atoms with van der Waals surface area (Å²) in [6, 6.07) is 9.73. The molecule has 5 nitrogen and oxygen atoms in total. The largest absolute Gasteiger partial charge is 0.440 e. The Balaban J connectivity index is 2.19. The van der Waals surface area contributed by atoms with Crippen LogP contribution < -0.4 is 4.72 Å². The fourth-order valence-electron chi connectivity index (χ4n) is 1.76. The van der Waals surface area contributed by atoms with E-state index >= 15 is 0 Å². The highest BCUT2D eigenvalue weighted by Crippen LogP contribution is 2.18. The van der Waals surface area contributed by atoms with Crippen LogP contribution in [-0.4, -0.2) is 14.7 Å². The van der Waals surface area contributed by atoms with E-state index in [1.165, 1.54) is 12.1 Å². The van der Waals surface area contributed by atoms with Gasteiger partial charge in [0.25, 0.3) is 10.0 Å². The lowest BCUT2D eigenvalue weighted by Crippen LogP contribution is -2.26. The molecule has 2 aromatic rings. The second-order valence-electron chi connectivity index (χ2n) is 4.53. The zero-order chi connectivity index (χ0) is 14.8. The smallest absolute Gasteiger partial charge is 0.274 e. The SMILES string of the molecule is Cc1ccc(C(C)NS(=O)(=O)c2ccc(C=O)o2)cc1. The van der Waals surface area contributed by atoms with E-state index < -0.39 is 16.1 Å². The lowest BCUT2D eigenvalue weighted by atomic mass is 10.1. The highest BCUT2D eigenvalue weighted by atomic mass is 32.2. The van der Waals surface area contributed by atoms with E-state index in [1.807, 2.05) is 31.2 Å². The summed E-state index contributed by atoms with van der Waals surface area (Å²) >= 11 is 0. The van der Waals surface area contributed by atoms with Crippen LogP contribution in [0, 0.1) is 6.92 Å². The van der Waals surface area contributed by atoms with Crippen molar-refractivity contribution in [3.63, 3.8) is 0 Å². The van der Waals surface area contributed by atoms with Gasteiger partial charge >= 0.3 is 0 Å². The Bertz CT molecular complexity index is 701. The van der Waals surface area contributed by atoms with Crippen LogP contribution >= 0.6 is 0 Å². The molecule has 1 N–H and O–H groups in total. The van der Waals surface area contributed by atoms with Crippen LogP contribution in [0.15, 0.2) is 45.9 Å². The quantitative estimate of drug-likeness (QED) is 0.859. The summed E-state index contributed by atoms with van der Waals surface area (Å²) in [4.78, 5) is 10.5. The number of rotatable bonds is 5. The Morgan fingerprint density at radius 2 is 1.80 bits per heavy atom. The van der Waals surface area contributed by atoms with Gasteiger partial charge in [-0.15, -0.1) is 0 Å². The van der Waals surface area contributed by atoms with Crippen molar-refractivity contribution >= 4 is 16.3 Å². The topological polar surface area (TPSA) is 76.4 Å². The van der Waals surface area contributed by atoms with Gasteiger partial charge in [-0.1, -0.05) is 29.8 Å². The van der Waals surface area contributed by atoms with Crippen LogP contribution in [0.1, 0.15) is 34.6 Å². The van der Waals surface area contributed by atoms with E-state index in [-0.39, 0.29) is 10.9 Å². The molecule has 1 atom stereocenters. The number of aryl methyl sites for hydroxylation is 1. The minimum atomic E-state index is -3.78. The average molecular weight is 293 g/mol. The van der Waals surface area contributed by atoms with Crippen LogP contribution in [0.4, 0.5) is 0 Å². The first kappa shape index (κ1) is 14.5. The number of furan rings is 1. The lowest BCUT2D eigenvalue weighted by Gasteiger charge is -2.13. The van der Waals surface area contributed by atoms with Gasteiger partial charge in [-0.05, 0) is 31.5 Å². The van der Waals surface area contributed by atoms with E-state index in [1.54, 1.807) is 6.92 Å². The molecule has 2 rings (SSSR count). The molecule has 20 heavy (non-hydrogen) atoms. The van der Waals surface area contributed by atoms with Crippen molar-refractivity contribution in [1.82, 2.24) is 4.72 Å². The molecule has 0 amide bonds. The second kappa shape index (κ2) is 5.60. The molecule has 0 aliphatic heterocycles. The first-order chi connectivity index (χ1) is 9.42. The fraction of sp³-hybridized carbons (Fsp3) is 0.214. The number of sulfonamides is 1. The van der Waals surface area contributed by atoms with Crippen molar-refractivity contribution in [2.45, 2.75) is 25.0 Å². The monoisotopic (exact) mass is 293 g/mol. The van der Waals surface area contributed by atoms with E-state index in [4.69, 9.17) is 4.42 Å². The number of nitrogens with one attached hydrogen (secondary N) is 1. The van der Waals surface area contributed by atoms with Gasteiger partial charge in [0.15, 0.2) is 12.0 Å². The summed E-state index contributed by atoms with van der Waals surface area (Å²) in [5.41, 5.74) is 1.95. The highest BCUT2D eigenvalue weighted by molar-refractivity contribution is 7.89. The zero-order valence-electron chi connectivity index (χ0n) is 11.2. The molecule has 0 aliphatic rings. The van der Waals surface area contributed by atoms with Crippen molar-refractivity contribution < 1.29 is 17.6 Å². The Hall–Kier alpha value is -1.92. The first-order valence-electron chi connectivity index (χ1n) is 6.06. The Labute approximate surface area is 117 Å². The van der Waals surface area contributed by atoms with Crippen molar-refractivity contribution in [3.05, 3.63) is 53.3 Å². The summed E-state index contributed by atoms with van der Waals surface area (Å²) in [7, 11) is -3.78. The molecule has 1 unspecified atom stereocenters. The van der Waals surface area contributed by atoms with Gasteiger partial charge < -0.3 is 4.42 Å². The van der Waals surface area contributed by atoms with Crippen molar-refractivity contribution in [2.75, 3.05) is 0 Å². The summed E-state index contributed by atoms with van der Waals surface area (Å²) in [5.74, 6) is -0.0200. The maximum absolute atomic E-state index is 12.1. The molecule has 1 aromatic carbocycles. The minimum Gasteiger partial charge on any atom is -0.440 e. The van der Waals surface area contributed by atoms with Crippen LogP contribution in [0.2, 0.25) is 0 Å². The van der Waals surface area contributed by atoms with Crippen molar-refractivity contribution in [2.24, 2.45) is 0 Å². The third kappa shape index (κ3) is 3.15. The number of benzene rings is 1. The number of carbonyl (C=O) groups is 1. The van der Waals surface area contributed by atoms with Crippen LogP contribution in [-0.2, 0) is 10.0 Å². The molecule has 6 heteroatoms. The molecular weight excluding hydrogens is 278 g/mol. The van der Waals surface area contributed by atoms with Gasteiger partial charge in [0.2, 0.25) is 5.09 Å². The third-order valence-electron chi connectivity index (χ3n) is 2.89. The Morgan fingerprint density at radius 3 is 2.35 bits per heavy atom. The molecular formula is C14H15NO4S. The standard InChI is InChI=1S/C14H15NO4S/c1-10-3-5-12(6-4-10)11(2)15-20(17,18)14-8-7-13(9-16)19-14/h3-9,11,15H,1-2H3. The Morgan fingerprint density at radius 1 is 1.15 bits per heavy atom. The number of carbonyl (C=O) groups excluding carboxylic acids is 1. The van der Waals surface area contributed by atoms with Crippen molar-refractivity contribution in [3.8, 4) is 0 Å². The molecule has 0 aliphatic carbocycles. The van der Waals surface area contributed by atoms with Crippen LogP contribution in [0.25, 0.3) is 0 Å². The summed E-state index contributed by atoms with van der Waals surface area (Å²) in [6.07, 6.45) is 0.461. The van der Waals surface area contributed by atoms with Crippen molar-refractivity contribution in [1.29, 1.82) is 0 Å². The van der Waals surface area contributed by atoms with Gasteiger partial charge in [-0.2, -0.15) is 0 Å². The van der Waals surface area contributed by atoms with Crippen LogP contribution in [0.5, 0.6) is 0 Å². The maximum Gasteiger partial charge on any atom is 0.274 e. The molecule has 0 radical (unpaired) electrons. The molecule has 106 valence electrons. The molecule has 0 saturated heterocycles. The number of hydrogen-bond acceptors (Lipinski definition) is 4. The summed E-state index contributed by atoms with van der Waals surface area (Å²) in [6.45, 7) is 3.70. The zero-order valence-corrected chi connectivity index (χ0v) is 12.0. The summed E-state index contributed by atoms with van der Waals surface area (Å²) in [5, 5.41) is -0.265. The predicted molar refractivity (Wildman–Crippen MR) is 74.0 cm³/mol. The molecule has 1 heterocycles. The van der Waals surface area contributed by atoms with Gasteiger partial charge in [-0.25, -0.2) is 13.1 Å². The molecule has 0 bridgehead atoms. The van der Waals surface area contributed by atoms with Gasteiger partial charge in [0.05, 0.1) is 0 Å². The minimum absolute atomic E-state index is 0.0200. The summed E-state index contributed by atoms with van der Waals surface area (Å²) < 4.78 is 31.6. The van der Waals surface area contributed by atoms with Gasteiger partial charge in [0, 0.05) is 6.04 Å². The highest BCUT2D eigenvalue weighted by Gasteiger charge is 2.21. The second-order valence-corrected chi connectivity index (χ2v) is 6.17. The number of hydrogen-bond donors (Lipinski definition) is 1. The average Bonchev–Trinajstić information content (AvgIpc) is 2.88. The molecule has 0 spiro atoms. The van der Waals surface area contributed by atoms with E-state index in [2.05, 4.69) is 4.72 Å². The van der Waals surface area contributed by atoms with Gasteiger partial charge in [0.1, 0.15) is 0 Å². The Kier molecular flexibility index (Phi) is 4.06. The van der Waals surface area contributed by atoms with Gasteiger partial charge in [-0.3, -0.25) is 4.79 Å². The molecule has 0 saturated carbocycles. The fourth-order valence-corrected chi connectivity index (χ4v) is 2.93. The first-order valence-corrected chi connectivity index (χ1v) is 7.54. The lowest BCUT2D eigenvalue weighted by molar-refractivity contribution is 0.109. The normalized spacial score (nSPS) is 13.1.